The standard InChI is InChI=1S/C23H18FN3O3/c24-18-7-5-15(6-8-18)22-26-20(23(28)30-22)14-17-13-16-3-1-2-4-19(16)25-21(17)27-9-11-29-12-10-27/h1-8,13-14H,9-12H2/b20-14-. The minimum absolute atomic E-state index is 0.160. The Morgan fingerprint density at radius 2 is 1.80 bits per heavy atom. The first kappa shape index (κ1) is 18.4. The van der Waals surface area contributed by atoms with Gasteiger partial charge in [0, 0.05) is 29.6 Å². The Morgan fingerprint density at radius 1 is 1.03 bits per heavy atom. The topological polar surface area (TPSA) is 64.0 Å². The number of morpholine rings is 1. The summed E-state index contributed by atoms with van der Waals surface area (Å²) in [5.74, 6) is 0.0305. The number of para-hydroxylation sites is 1. The molecule has 1 saturated heterocycles. The summed E-state index contributed by atoms with van der Waals surface area (Å²) in [5.41, 5.74) is 2.39. The average molecular weight is 403 g/mol. The quantitative estimate of drug-likeness (QED) is 0.494. The van der Waals surface area contributed by atoms with Gasteiger partial charge in [0.05, 0.1) is 18.7 Å². The lowest BCUT2D eigenvalue weighted by atomic mass is 10.1. The third-order valence-corrected chi connectivity index (χ3v) is 5.05. The number of rotatable bonds is 3. The van der Waals surface area contributed by atoms with Crippen LogP contribution in [0.25, 0.3) is 17.0 Å². The van der Waals surface area contributed by atoms with Crippen molar-refractivity contribution in [2.45, 2.75) is 0 Å². The Morgan fingerprint density at radius 3 is 2.60 bits per heavy atom. The molecule has 30 heavy (non-hydrogen) atoms. The van der Waals surface area contributed by atoms with Crippen molar-refractivity contribution in [3.8, 4) is 0 Å². The molecule has 2 aliphatic rings. The SMILES string of the molecule is O=C1OC(c2ccc(F)cc2)=N/C1=C\c1cc2ccccc2nc1N1CCOCC1. The monoisotopic (exact) mass is 403 g/mol. The molecular weight excluding hydrogens is 385 g/mol. The van der Waals surface area contributed by atoms with Crippen molar-refractivity contribution in [3.05, 3.63) is 77.2 Å². The molecule has 0 unspecified atom stereocenters. The number of ether oxygens (including phenoxy) is 2. The number of aromatic nitrogens is 1. The molecule has 3 aromatic rings. The van der Waals surface area contributed by atoms with Crippen molar-refractivity contribution in [2.75, 3.05) is 31.2 Å². The number of anilines is 1. The van der Waals surface area contributed by atoms with Crippen LogP contribution in [0, 0.1) is 5.82 Å². The minimum atomic E-state index is -0.546. The first-order valence-electron chi connectivity index (χ1n) is 9.68. The highest BCUT2D eigenvalue weighted by atomic mass is 19.1. The first-order chi connectivity index (χ1) is 14.7. The van der Waals surface area contributed by atoms with Gasteiger partial charge in [-0.1, -0.05) is 18.2 Å². The summed E-state index contributed by atoms with van der Waals surface area (Å²) in [5, 5.41) is 0.968. The van der Waals surface area contributed by atoms with E-state index in [1.165, 1.54) is 24.3 Å². The van der Waals surface area contributed by atoms with Crippen molar-refractivity contribution in [1.82, 2.24) is 4.98 Å². The van der Waals surface area contributed by atoms with E-state index < -0.39 is 5.97 Å². The van der Waals surface area contributed by atoms with E-state index in [9.17, 15) is 9.18 Å². The van der Waals surface area contributed by atoms with Crippen molar-refractivity contribution >= 4 is 34.7 Å². The van der Waals surface area contributed by atoms with Crippen LogP contribution in [-0.2, 0) is 14.3 Å². The van der Waals surface area contributed by atoms with E-state index >= 15 is 0 Å². The maximum atomic E-state index is 13.2. The predicted molar refractivity (Wildman–Crippen MR) is 112 cm³/mol. The molecule has 2 aliphatic heterocycles. The number of cyclic esters (lactones) is 1. The lowest BCUT2D eigenvalue weighted by Crippen LogP contribution is -2.37. The minimum Gasteiger partial charge on any atom is -0.402 e. The van der Waals surface area contributed by atoms with E-state index in [-0.39, 0.29) is 17.4 Å². The lowest BCUT2D eigenvalue weighted by molar-refractivity contribution is -0.129. The van der Waals surface area contributed by atoms with Crippen LogP contribution in [0.5, 0.6) is 0 Å². The number of hydrogen-bond donors (Lipinski definition) is 0. The van der Waals surface area contributed by atoms with Crippen molar-refractivity contribution in [2.24, 2.45) is 4.99 Å². The van der Waals surface area contributed by atoms with Crippen LogP contribution < -0.4 is 4.90 Å². The van der Waals surface area contributed by atoms with Gasteiger partial charge in [0.25, 0.3) is 0 Å². The van der Waals surface area contributed by atoms with Crippen LogP contribution in [0.1, 0.15) is 11.1 Å². The molecule has 0 atom stereocenters. The zero-order valence-electron chi connectivity index (χ0n) is 16.0. The molecular formula is C23H18FN3O3. The summed E-state index contributed by atoms with van der Waals surface area (Å²) in [6, 6.07) is 15.5. The average Bonchev–Trinajstić information content (AvgIpc) is 3.14. The van der Waals surface area contributed by atoms with Crippen LogP contribution in [0.15, 0.2) is 65.3 Å². The molecule has 5 rings (SSSR count). The maximum Gasteiger partial charge on any atom is 0.363 e. The Bertz CT molecular complexity index is 1180. The van der Waals surface area contributed by atoms with E-state index in [2.05, 4.69) is 9.89 Å². The van der Waals surface area contributed by atoms with Crippen LogP contribution >= 0.6 is 0 Å². The smallest absolute Gasteiger partial charge is 0.363 e. The van der Waals surface area contributed by atoms with Crippen molar-refractivity contribution in [3.63, 3.8) is 0 Å². The van der Waals surface area contributed by atoms with Crippen LogP contribution in [0.2, 0.25) is 0 Å². The van der Waals surface area contributed by atoms with Gasteiger partial charge in [-0.05, 0) is 42.5 Å². The second-order valence-corrected chi connectivity index (χ2v) is 7.04. The number of nitrogens with zero attached hydrogens (tertiary/aromatic N) is 3. The fourth-order valence-corrected chi connectivity index (χ4v) is 3.53. The summed E-state index contributed by atoms with van der Waals surface area (Å²) in [6.45, 7) is 2.69. The Balaban J connectivity index is 1.58. The molecule has 2 aromatic carbocycles. The third kappa shape index (κ3) is 3.55. The molecule has 0 amide bonds. The normalized spacial score (nSPS) is 18.0. The van der Waals surface area contributed by atoms with E-state index in [1.807, 2.05) is 30.3 Å². The number of hydrogen-bond acceptors (Lipinski definition) is 6. The van der Waals surface area contributed by atoms with Gasteiger partial charge in [-0.25, -0.2) is 19.2 Å². The van der Waals surface area contributed by atoms with Gasteiger partial charge in [-0.2, -0.15) is 0 Å². The number of carbonyl (C=O) groups is 1. The zero-order valence-corrected chi connectivity index (χ0v) is 16.0. The first-order valence-corrected chi connectivity index (χ1v) is 9.68. The molecule has 0 N–H and O–H groups in total. The molecule has 6 nitrogen and oxygen atoms in total. The number of halogens is 1. The molecule has 1 aromatic heterocycles. The molecule has 150 valence electrons. The van der Waals surface area contributed by atoms with Crippen LogP contribution in [0.4, 0.5) is 10.2 Å². The molecule has 0 spiro atoms. The fourth-order valence-electron chi connectivity index (χ4n) is 3.53. The molecule has 3 heterocycles. The van der Waals surface area contributed by atoms with E-state index in [4.69, 9.17) is 14.5 Å². The van der Waals surface area contributed by atoms with Gasteiger partial charge in [0.2, 0.25) is 5.90 Å². The third-order valence-electron chi connectivity index (χ3n) is 5.05. The van der Waals surface area contributed by atoms with Crippen LogP contribution in [0.3, 0.4) is 0 Å². The van der Waals surface area contributed by atoms with E-state index in [0.29, 0.717) is 18.8 Å². The van der Waals surface area contributed by atoms with Gasteiger partial charge in [-0.3, -0.25) is 0 Å². The molecule has 7 heteroatoms. The second kappa shape index (κ2) is 7.68. The van der Waals surface area contributed by atoms with Gasteiger partial charge in [0.15, 0.2) is 5.70 Å². The molecule has 0 bridgehead atoms. The molecule has 0 saturated carbocycles. The number of aliphatic imine (C=N–C) groups is 1. The fraction of sp³-hybridized carbons (Fsp3) is 0.174. The van der Waals surface area contributed by atoms with Gasteiger partial charge in [-0.15, -0.1) is 0 Å². The Kier molecular flexibility index (Phi) is 4.72. The number of pyridine rings is 1. The zero-order chi connectivity index (χ0) is 20.5. The van der Waals surface area contributed by atoms with E-state index in [1.54, 1.807) is 6.08 Å². The summed E-state index contributed by atoms with van der Waals surface area (Å²) in [4.78, 5) is 23.8. The van der Waals surface area contributed by atoms with Crippen molar-refractivity contribution < 1.29 is 18.7 Å². The summed E-state index contributed by atoms with van der Waals surface area (Å²) < 4.78 is 24.0. The highest BCUT2D eigenvalue weighted by Gasteiger charge is 2.25. The molecule has 0 radical (unpaired) electrons. The molecule has 1 fully saturated rings. The number of benzene rings is 2. The highest BCUT2D eigenvalue weighted by molar-refractivity contribution is 6.13. The Labute approximate surface area is 172 Å². The summed E-state index contributed by atoms with van der Waals surface area (Å²) >= 11 is 0. The summed E-state index contributed by atoms with van der Waals surface area (Å²) in [7, 11) is 0. The van der Waals surface area contributed by atoms with E-state index in [0.717, 1.165) is 35.4 Å². The number of fused-ring (bicyclic) bond motifs is 1. The molecule has 0 aliphatic carbocycles. The maximum absolute atomic E-state index is 13.2. The number of esters is 1. The largest absolute Gasteiger partial charge is 0.402 e. The second-order valence-electron chi connectivity index (χ2n) is 7.04. The number of carbonyl (C=O) groups excluding carboxylic acids is 1. The van der Waals surface area contributed by atoms with Crippen LogP contribution in [-0.4, -0.2) is 43.2 Å². The Hall–Kier alpha value is -3.58. The lowest BCUT2D eigenvalue weighted by Gasteiger charge is -2.29. The van der Waals surface area contributed by atoms with Crippen molar-refractivity contribution in [1.29, 1.82) is 0 Å². The highest BCUT2D eigenvalue weighted by Crippen LogP contribution is 2.28. The predicted octanol–water partition coefficient (Wildman–Crippen LogP) is 3.56. The van der Waals surface area contributed by atoms with Gasteiger partial charge < -0.3 is 14.4 Å². The van der Waals surface area contributed by atoms with Gasteiger partial charge >= 0.3 is 5.97 Å². The van der Waals surface area contributed by atoms with Gasteiger partial charge in [0.1, 0.15) is 11.6 Å². The summed E-state index contributed by atoms with van der Waals surface area (Å²) in [6.07, 6.45) is 1.70.